The Balaban J connectivity index is 1.36. The third kappa shape index (κ3) is 5.03. The molecule has 0 unspecified atom stereocenters. The summed E-state index contributed by atoms with van der Waals surface area (Å²) < 4.78 is 24.4. The van der Waals surface area contributed by atoms with Gasteiger partial charge in [0.2, 0.25) is 11.8 Å². The summed E-state index contributed by atoms with van der Waals surface area (Å²) in [4.78, 5) is 12.4. The maximum atomic E-state index is 13.0. The summed E-state index contributed by atoms with van der Waals surface area (Å²) >= 11 is 1.11. The Labute approximate surface area is 176 Å². The van der Waals surface area contributed by atoms with E-state index in [0.29, 0.717) is 22.7 Å². The molecule has 0 atom stereocenters. The second-order valence-electron chi connectivity index (χ2n) is 6.13. The zero-order valence-electron chi connectivity index (χ0n) is 15.6. The maximum absolute atomic E-state index is 13.0. The summed E-state index contributed by atoms with van der Waals surface area (Å²) in [5.41, 5.74) is 1.16. The molecule has 1 heterocycles. The fourth-order valence-electron chi connectivity index (χ4n) is 2.57. The topological polar surface area (TPSA) is 77.2 Å². The van der Waals surface area contributed by atoms with E-state index in [9.17, 15) is 9.18 Å². The molecule has 4 rings (SSSR count). The van der Waals surface area contributed by atoms with Crippen molar-refractivity contribution in [3.63, 3.8) is 0 Å². The van der Waals surface area contributed by atoms with Crippen LogP contribution in [0.5, 0.6) is 11.5 Å². The molecule has 3 aromatic carbocycles. The Morgan fingerprint density at radius 2 is 1.70 bits per heavy atom. The van der Waals surface area contributed by atoms with Crippen LogP contribution in [0.3, 0.4) is 0 Å². The van der Waals surface area contributed by atoms with Crippen molar-refractivity contribution in [2.45, 2.75) is 5.22 Å². The SMILES string of the molecule is O=C(CSc1nnc(-c2ccc(F)cc2)o1)Nc1ccccc1Oc1ccccc1. The standard InChI is InChI=1S/C22H16FN3O3S/c23-16-12-10-15(11-13-16)21-25-26-22(29-21)30-14-20(27)24-18-8-4-5-9-19(18)28-17-6-2-1-3-7-17/h1-13H,14H2,(H,24,27). The van der Waals surface area contributed by atoms with Crippen molar-refractivity contribution in [1.29, 1.82) is 0 Å². The van der Waals surface area contributed by atoms with Crippen LogP contribution in [0.25, 0.3) is 11.5 Å². The Bertz CT molecular complexity index is 1130. The van der Waals surface area contributed by atoms with Crippen molar-refractivity contribution in [1.82, 2.24) is 10.2 Å². The molecule has 6 nitrogen and oxygen atoms in total. The smallest absolute Gasteiger partial charge is 0.277 e. The summed E-state index contributed by atoms with van der Waals surface area (Å²) in [7, 11) is 0. The highest BCUT2D eigenvalue weighted by molar-refractivity contribution is 7.99. The van der Waals surface area contributed by atoms with E-state index in [4.69, 9.17) is 9.15 Å². The average molecular weight is 421 g/mol. The highest BCUT2D eigenvalue weighted by atomic mass is 32.2. The first-order chi connectivity index (χ1) is 14.7. The number of nitrogens with zero attached hydrogens (tertiary/aromatic N) is 2. The van der Waals surface area contributed by atoms with Crippen LogP contribution in [0.15, 0.2) is 88.5 Å². The molecule has 0 aliphatic heterocycles. The van der Waals surface area contributed by atoms with Crippen LogP contribution in [0.1, 0.15) is 0 Å². The van der Waals surface area contributed by atoms with Crippen LogP contribution >= 0.6 is 11.8 Å². The van der Waals surface area contributed by atoms with Crippen LogP contribution < -0.4 is 10.1 Å². The lowest BCUT2D eigenvalue weighted by molar-refractivity contribution is -0.113. The van der Waals surface area contributed by atoms with Gasteiger partial charge < -0.3 is 14.5 Å². The summed E-state index contributed by atoms with van der Waals surface area (Å²) in [6.07, 6.45) is 0. The monoisotopic (exact) mass is 421 g/mol. The fourth-order valence-corrected chi connectivity index (χ4v) is 3.13. The van der Waals surface area contributed by atoms with E-state index < -0.39 is 0 Å². The number of carbonyl (C=O) groups excluding carboxylic acids is 1. The Morgan fingerprint density at radius 1 is 0.967 bits per heavy atom. The molecule has 150 valence electrons. The van der Waals surface area contributed by atoms with E-state index in [1.807, 2.05) is 42.5 Å². The van der Waals surface area contributed by atoms with Gasteiger partial charge in [-0.25, -0.2) is 4.39 Å². The number of benzene rings is 3. The van der Waals surface area contributed by atoms with Gasteiger partial charge in [0.15, 0.2) is 5.75 Å². The zero-order valence-corrected chi connectivity index (χ0v) is 16.4. The fraction of sp³-hybridized carbons (Fsp3) is 0.0455. The molecular weight excluding hydrogens is 405 g/mol. The molecule has 0 saturated heterocycles. The molecule has 0 fully saturated rings. The van der Waals surface area contributed by atoms with E-state index in [1.165, 1.54) is 12.1 Å². The Hall–Kier alpha value is -3.65. The van der Waals surface area contributed by atoms with Gasteiger partial charge in [-0.05, 0) is 48.5 Å². The maximum Gasteiger partial charge on any atom is 0.277 e. The Morgan fingerprint density at radius 3 is 2.50 bits per heavy atom. The van der Waals surface area contributed by atoms with Crippen LogP contribution in [0.2, 0.25) is 0 Å². The summed E-state index contributed by atoms with van der Waals surface area (Å²) in [5.74, 6) is 0.961. The van der Waals surface area contributed by atoms with Gasteiger partial charge >= 0.3 is 0 Å². The molecule has 30 heavy (non-hydrogen) atoms. The number of thioether (sulfide) groups is 1. The molecule has 0 aliphatic rings. The van der Waals surface area contributed by atoms with E-state index in [1.54, 1.807) is 24.3 Å². The van der Waals surface area contributed by atoms with E-state index in [2.05, 4.69) is 15.5 Å². The van der Waals surface area contributed by atoms with Crippen molar-refractivity contribution in [3.8, 4) is 23.0 Å². The highest BCUT2D eigenvalue weighted by Gasteiger charge is 2.13. The zero-order chi connectivity index (χ0) is 20.8. The third-order valence-corrected chi connectivity index (χ3v) is 4.77. The van der Waals surface area contributed by atoms with Crippen molar-refractivity contribution in [2.24, 2.45) is 0 Å². The quantitative estimate of drug-likeness (QED) is 0.403. The van der Waals surface area contributed by atoms with E-state index >= 15 is 0 Å². The third-order valence-electron chi connectivity index (χ3n) is 3.96. The number of para-hydroxylation sites is 3. The van der Waals surface area contributed by atoms with Crippen LogP contribution in [-0.4, -0.2) is 21.9 Å². The average Bonchev–Trinajstić information content (AvgIpc) is 3.24. The number of anilines is 1. The van der Waals surface area contributed by atoms with Crippen molar-refractivity contribution < 1.29 is 18.3 Å². The molecular formula is C22H16FN3O3S. The summed E-state index contributed by atoms with van der Waals surface area (Å²) in [6, 6.07) is 22.2. The van der Waals surface area contributed by atoms with Gasteiger partial charge in [-0.3, -0.25) is 4.79 Å². The van der Waals surface area contributed by atoms with Gasteiger partial charge in [0.1, 0.15) is 11.6 Å². The van der Waals surface area contributed by atoms with E-state index in [-0.39, 0.29) is 28.6 Å². The lowest BCUT2D eigenvalue weighted by Crippen LogP contribution is -2.14. The van der Waals surface area contributed by atoms with Crippen molar-refractivity contribution >= 4 is 23.4 Å². The van der Waals surface area contributed by atoms with Crippen molar-refractivity contribution in [2.75, 3.05) is 11.1 Å². The molecule has 8 heteroatoms. The minimum atomic E-state index is -0.346. The van der Waals surface area contributed by atoms with Crippen LogP contribution in [-0.2, 0) is 4.79 Å². The number of rotatable bonds is 7. The summed E-state index contributed by atoms with van der Waals surface area (Å²) in [6.45, 7) is 0. The molecule has 1 aromatic heterocycles. The first-order valence-corrected chi connectivity index (χ1v) is 10.00. The normalized spacial score (nSPS) is 10.6. The second-order valence-corrected chi connectivity index (χ2v) is 7.05. The van der Waals surface area contributed by atoms with Crippen molar-refractivity contribution in [3.05, 3.63) is 84.7 Å². The molecule has 0 radical (unpaired) electrons. The van der Waals surface area contributed by atoms with E-state index in [0.717, 1.165) is 11.8 Å². The number of halogens is 1. The minimum Gasteiger partial charge on any atom is -0.455 e. The highest BCUT2D eigenvalue weighted by Crippen LogP contribution is 2.29. The van der Waals surface area contributed by atoms with Gasteiger partial charge in [0, 0.05) is 5.56 Å². The summed E-state index contributed by atoms with van der Waals surface area (Å²) in [5, 5.41) is 10.9. The predicted molar refractivity (Wildman–Crippen MR) is 112 cm³/mol. The largest absolute Gasteiger partial charge is 0.455 e. The predicted octanol–water partition coefficient (Wildman–Crippen LogP) is 5.40. The number of amides is 1. The lowest BCUT2D eigenvalue weighted by Gasteiger charge is -2.11. The lowest BCUT2D eigenvalue weighted by atomic mass is 10.2. The molecule has 1 N–H and O–H groups in total. The van der Waals surface area contributed by atoms with Gasteiger partial charge in [-0.2, -0.15) is 0 Å². The number of ether oxygens (including phenoxy) is 1. The molecule has 0 saturated carbocycles. The molecule has 1 amide bonds. The first-order valence-electron chi connectivity index (χ1n) is 9.01. The van der Waals surface area contributed by atoms with Gasteiger partial charge in [-0.1, -0.05) is 42.1 Å². The van der Waals surface area contributed by atoms with Crippen LogP contribution in [0.4, 0.5) is 10.1 Å². The number of hydrogen-bond donors (Lipinski definition) is 1. The molecule has 0 aliphatic carbocycles. The first kappa shape index (κ1) is 19.7. The second kappa shape index (κ2) is 9.23. The number of carbonyl (C=O) groups is 1. The number of aromatic nitrogens is 2. The number of hydrogen-bond acceptors (Lipinski definition) is 6. The molecule has 0 spiro atoms. The van der Waals surface area contributed by atoms with Gasteiger partial charge in [0.25, 0.3) is 5.22 Å². The molecule has 0 bridgehead atoms. The number of nitrogens with one attached hydrogen (secondary N) is 1. The van der Waals surface area contributed by atoms with Gasteiger partial charge in [-0.15, -0.1) is 10.2 Å². The molecule has 4 aromatic rings. The minimum absolute atomic E-state index is 0.0741. The van der Waals surface area contributed by atoms with Crippen LogP contribution in [0, 0.1) is 5.82 Å². The van der Waals surface area contributed by atoms with Gasteiger partial charge in [0.05, 0.1) is 11.4 Å². The Kier molecular flexibility index (Phi) is 6.05.